The minimum atomic E-state index is 0.768. The molecular formula is C14H26. The third-order valence-corrected chi connectivity index (χ3v) is 4.77. The highest BCUT2D eigenvalue weighted by molar-refractivity contribution is 5.00. The molecule has 3 atom stereocenters. The molecule has 82 valence electrons. The lowest BCUT2D eigenvalue weighted by atomic mass is 9.90. The van der Waals surface area contributed by atoms with Crippen LogP contribution in [0.5, 0.6) is 0 Å². The van der Waals surface area contributed by atoms with Gasteiger partial charge in [-0.05, 0) is 30.1 Å². The van der Waals surface area contributed by atoms with Crippen LogP contribution in [0.3, 0.4) is 0 Å². The topological polar surface area (TPSA) is 0 Å². The molecule has 0 saturated heterocycles. The van der Waals surface area contributed by atoms with E-state index in [0.717, 1.165) is 17.3 Å². The lowest BCUT2D eigenvalue weighted by molar-refractivity contribution is 0.353. The van der Waals surface area contributed by atoms with E-state index in [-0.39, 0.29) is 0 Å². The Kier molecular flexibility index (Phi) is 3.19. The molecule has 0 bridgehead atoms. The highest BCUT2D eigenvalue weighted by atomic mass is 14.6. The zero-order valence-corrected chi connectivity index (χ0v) is 10.0. The van der Waals surface area contributed by atoms with Crippen molar-refractivity contribution in [2.45, 2.75) is 71.6 Å². The molecule has 0 amide bonds. The van der Waals surface area contributed by atoms with Crippen LogP contribution in [0.4, 0.5) is 0 Å². The zero-order valence-electron chi connectivity index (χ0n) is 10.0. The fourth-order valence-corrected chi connectivity index (χ4v) is 3.52. The lowest BCUT2D eigenvalue weighted by Crippen LogP contribution is -2.05. The highest BCUT2D eigenvalue weighted by Crippen LogP contribution is 2.60. The molecule has 0 spiro atoms. The maximum atomic E-state index is 2.53. The average molecular weight is 194 g/mol. The average Bonchev–Trinajstić information content (AvgIpc) is 2.82. The van der Waals surface area contributed by atoms with Crippen LogP contribution in [-0.4, -0.2) is 0 Å². The molecule has 0 radical (unpaired) electrons. The van der Waals surface area contributed by atoms with Crippen molar-refractivity contribution in [1.29, 1.82) is 0 Å². The van der Waals surface area contributed by atoms with Crippen LogP contribution >= 0.6 is 0 Å². The lowest BCUT2D eigenvalue weighted by Gasteiger charge is -2.15. The second kappa shape index (κ2) is 4.24. The van der Waals surface area contributed by atoms with E-state index in [2.05, 4.69) is 13.8 Å². The summed E-state index contributed by atoms with van der Waals surface area (Å²) >= 11 is 0. The van der Waals surface area contributed by atoms with E-state index in [9.17, 15) is 0 Å². The van der Waals surface area contributed by atoms with Crippen molar-refractivity contribution < 1.29 is 0 Å². The standard InChI is InChI=1S/C14H26/c1-12-9-7-5-3-4-6-8-10-14(2)11-13(12)14/h12-13H,3-11H2,1-2H3. The molecule has 3 unspecified atom stereocenters. The van der Waals surface area contributed by atoms with E-state index in [1.807, 2.05) is 0 Å². The van der Waals surface area contributed by atoms with Crippen molar-refractivity contribution in [3.63, 3.8) is 0 Å². The molecule has 0 heteroatoms. The van der Waals surface area contributed by atoms with Crippen molar-refractivity contribution in [2.75, 3.05) is 0 Å². The summed E-state index contributed by atoms with van der Waals surface area (Å²) in [5.41, 5.74) is 0.768. The van der Waals surface area contributed by atoms with Gasteiger partial charge in [-0.15, -0.1) is 0 Å². The number of fused-ring (bicyclic) bond motifs is 1. The van der Waals surface area contributed by atoms with Crippen LogP contribution < -0.4 is 0 Å². The zero-order chi connectivity index (χ0) is 10.0. The Morgan fingerprint density at radius 1 is 0.929 bits per heavy atom. The summed E-state index contributed by atoms with van der Waals surface area (Å²) in [5, 5.41) is 0. The van der Waals surface area contributed by atoms with Gasteiger partial charge in [-0.2, -0.15) is 0 Å². The van der Waals surface area contributed by atoms with Gasteiger partial charge in [0.25, 0.3) is 0 Å². The van der Waals surface area contributed by atoms with Crippen LogP contribution in [0.2, 0.25) is 0 Å². The Morgan fingerprint density at radius 2 is 1.57 bits per heavy atom. The molecule has 2 aliphatic carbocycles. The molecule has 0 aliphatic heterocycles. The monoisotopic (exact) mass is 194 g/mol. The molecule has 2 aliphatic rings. The highest BCUT2D eigenvalue weighted by Gasteiger charge is 2.51. The second-order valence-electron chi connectivity index (χ2n) is 6.10. The Labute approximate surface area is 89.5 Å². The van der Waals surface area contributed by atoms with Gasteiger partial charge in [0.05, 0.1) is 0 Å². The molecule has 2 saturated carbocycles. The van der Waals surface area contributed by atoms with Crippen molar-refractivity contribution >= 4 is 0 Å². The van der Waals surface area contributed by atoms with Crippen molar-refractivity contribution in [3.8, 4) is 0 Å². The van der Waals surface area contributed by atoms with Crippen molar-refractivity contribution in [1.82, 2.24) is 0 Å². The summed E-state index contributed by atoms with van der Waals surface area (Å²) in [5.74, 6) is 2.10. The summed E-state index contributed by atoms with van der Waals surface area (Å²) in [4.78, 5) is 0. The first kappa shape index (κ1) is 10.5. The van der Waals surface area contributed by atoms with E-state index in [1.165, 1.54) is 57.8 Å². The Balaban J connectivity index is 1.87. The van der Waals surface area contributed by atoms with Crippen molar-refractivity contribution in [2.24, 2.45) is 17.3 Å². The molecule has 2 fully saturated rings. The maximum absolute atomic E-state index is 2.53. The summed E-state index contributed by atoms with van der Waals surface area (Å²) < 4.78 is 0. The Bertz CT molecular complexity index is 184. The van der Waals surface area contributed by atoms with Gasteiger partial charge >= 0.3 is 0 Å². The first-order valence-corrected chi connectivity index (χ1v) is 6.72. The molecule has 0 aromatic heterocycles. The van der Waals surface area contributed by atoms with Gasteiger partial charge in [0, 0.05) is 0 Å². The van der Waals surface area contributed by atoms with Gasteiger partial charge in [0.2, 0.25) is 0 Å². The van der Waals surface area contributed by atoms with E-state index in [4.69, 9.17) is 0 Å². The molecule has 0 heterocycles. The SMILES string of the molecule is CC1CCCCCCCCC2(C)CC12. The first-order chi connectivity index (χ1) is 6.72. The predicted molar refractivity (Wildman–Crippen MR) is 62.3 cm³/mol. The van der Waals surface area contributed by atoms with Crippen LogP contribution in [0.15, 0.2) is 0 Å². The van der Waals surface area contributed by atoms with Crippen molar-refractivity contribution in [3.05, 3.63) is 0 Å². The first-order valence-electron chi connectivity index (χ1n) is 6.72. The van der Waals surface area contributed by atoms with Gasteiger partial charge in [0.1, 0.15) is 0 Å². The minimum absolute atomic E-state index is 0.768. The van der Waals surface area contributed by atoms with Gasteiger partial charge in [0.15, 0.2) is 0 Å². The van der Waals surface area contributed by atoms with Gasteiger partial charge < -0.3 is 0 Å². The molecule has 0 aromatic carbocycles. The van der Waals surface area contributed by atoms with E-state index < -0.39 is 0 Å². The second-order valence-corrected chi connectivity index (χ2v) is 6.10. The summed E-state index contributed by atoms with van der Waals surface area (Å²) in [6.45, 7) is 5.03. The van der Waals surface area contributed by atoms with E-state index in [1.54, 1.807) is 0 Å². The predicted octanol–water partition coefficient (Wildman–Crippen LogP) is 4.78. The molecule has 14 heavy (non-hydrogen) atoms. The van der Waals surface area contributed by atoms with E-state index >= 15 is 0 Å². The Morgan fingerprint density at radius 3 is 2.36 bits per heavy atom. The molecule has 2 rings (SSSR count). The quantitative estimate of drug-likeness (QED) is 0.520. The maximum Gasteiger partial charge on any atom is -0.0292 e. The number of hydrogen-bond acceptors (Lipinski definition) is 0. The third kappa shape index (κ3) is 2.32. The van der Waals surface area contributed by atoms with Gasteiger partial charge in [-0.3, -0.25) is 0 Å². The molecule has 0 aromatic rings. The van der Waals surface area contributed by atoms with Crippen LogP contribution in [-0.2, 0) is 0 Å². The molecular weight excluding hydrogens is 168 g/mol. The largest absolute Gasteiger partial charge is 0.0622 e. The van der Waals surface area contributed by atoms with Crippen LogP contribution in [0.1, 0.15) is 71.6 Å². The smallest absolute Gasteiger partial charge is 0.0292 e. The summed E-state index contributed by atoms with van der Waals surface area (Å²) in [6, 6.07) is 0. The Hall–Kier alpha value is 0. The van der Waals surface area contributed by atoms with Crippen LogP contribution in [0.25, 0.3) is 0 Å². The van der Waals surface area contributed by atoms with Gasteiger partial charge in [-0.1, -0.05) is 58.8 Å². The van der Waals surface area contributed by atoms with Crippen LogP contribution in [0, 0.1) is 17.3 Å². The molecule has 0 N–H and O–H groups in total. The van der Waals surface area contributed by atoms with Gasteiger partial charge in [-0.25, -0.2) is 0 Å². The third-order valence-electron chi connectivity index (χ3n) is 4.77. The summed E-state index contributed by atoms with van der Waals surface area (Å²) in [7, 11) is 0. The number of hydrogen-bond donors (Lipinski definition) is 0. The fourth-order valence-electron chi connectivity index (χ4n) is 3.52. The fraction of sp³-hybridized carbons (Fsp3) is 1.00. The summed E-state index contributed by atoms with van der Waals surface area (Å²) in [6.07, 6.45) is 13.5. The number of rotatable bonds is 0. The normalized spacial score (nSPS) is 45.0. The molecule has 0 nitrogen and oxygen atoms in total. The minimum Gasteiger partial charge on any atom is -0.0622 e. The van der Waals surface area contributed by atoms with E-state index in [0.29, 0.717) is 0 Å².